The number of rotatable bonds is 8. The number of amides is 1. The van der Waals surface area contributed by atoms with Crippen molar-refractivity contribution in [3.8, 4) is 0 Å². The highest BCUT2D eigenvalue weighted by Gasteiger charge is 2.05. The fraction of sp³-hybridized carbons (Fsp3) is 0.400. The first-order valence-electron chi connectivity index (χ1n) is 7.18. The molecule has 6 heteroatoms. The van der Waals surface area contributed by atoms with Crippen LogP contribution in [0.1, 0.15) is 18.2 Å². The Kier molecular flexibility index (Phi) is 5.90. The van der Waals surface area contributed by atoms with Gasteiger partial charge in [-0.05, 0) is 18.5 Å². The Morgan fingerprint density at radius 3 is 2.86 bits per heavy atom. The van der Waals surface area contributed by atoms with Crippen molar-refractivity contribution in [3.05, 3.63) is 47.8 Å². The molecule has 1 amide bonds. The molecule has 0 aliphatic rings. The standard InChI is InChI=1S/C15H21N5O/c1-2-16-10-14-11-20(19-18-14)12-15(21)17-9-8-13-6-4-3-5-7-13/h3-7,11,16H,2,8-10,12H2,1H3,(H,17,21). The zero-order valence-electron chi connectivity index (χ0n) is 12.2. The molecule has 0 saturated carbocycles. The maximum Gasteiger partial charge on any atom is 0.241 e. The third kappa shape index (κ3) is 5.35. The van der Waals surface area contributed by atoms with Crippen LogP contribution < -0.4 is 10.6 Å². The van der Waals surface area contributed by atoms with Gasteiger partial charge in [-0.2, -0.15) is 0 Å². The van der Waals surface area contributed by atoms with Crippen molar-refractivity contribution < 1.29 is 4.79 Å². The summed E-state index contributed by atoms with van der Waals surface area (Å²) in [5.74, 6) is -0.0502. The molecule has 6 nitrogen and oxygen atoms in total. The van der Waals surface area contributed by atoms with Crippen LogP contribution in [0.5, 0.6) is 0 Å². The van der Waals surface area contributed by atoms with Crippen LogP contribution in [0.15, 0.2) is 36.5 Å². The van der Waals surface area contributed by atoms with Gasteiger partial charge in [0.2, 0.25) is 5.91 Å². The van der Waals surface area contributed by atoms with Gasteiger partial charge in [0.15, 0.2) is 0 Å². The van der Waals surface area contributed by atoms with Gasteiger partial charge in [0.1, 0.15) is 6.54 Å². The van der Waals surface area contributed by atoms with E-state index in [-0.39, 0.29) is 12.5 Å². The number of nitrogens with one attached hydrogen (secondary N) is 2. The summed E-state index contributed by atoms with van der Waals surface area (Å²) in [7, 11) is 0. The molecule has 0 spiro atoms. The largest absolute Gasteiger partial charge is 0.354 e. The lowest BCUT2D eigenvalue weighted by Gasteiger charge is -2.05. The highest BCUT2D eigenvalue weighted by molar-refractivity contribution is 5.75. The van der Waals surface area contributed by atoms with Gasteiger partial charge in [0.25, 0.3) is 0 Å². The van der Waals surface area contributed by atoms with E-state index in [4.69, 9.17) is 0 Å². The van der Waals surface area contributed by atoms with E-state index in [1.54, 1.807) is 10.9 Å². The average molecular weight is 287 g/mol. The zero-order valence-corrected chi connectivity index (χ0v) is 12.2. The average Bonchev–Trinajstić information content (AvgIpc) is 2.93. The van der Waals surface area contributed by atoms with E-state index < -0.39 is 0 Å². The first kappa shape index (κ1) is 15.2. The smallest absolute Gasteiger partial charge is 0.241 e. The molecule has 0 saturated heterocycles. The first-order chi connectivity index (χ1) is 10.3. The van der Waals surface area contributed by atoms with Crippen LogP contribution in [0.4, 0.5) is 0 Å². The van der Waals surface area contributed by atoms with Crippen LogP contribution in [0.25, 0.3) is 0 Å². The summed E-state index contributed by atoms with van der Waals surface area (Å²) in [6, 6.07) is 10.1. The molecule has 1 aromatic heterocycles. The van der Waals surface area contributed by atoms with Crippen molar-refractivity contribution in [3.63, 3.8) is 0 Å². The summed E-state index contributed by atoms with van der Waals surface area (Å²) in [6.07, 6.45) is 2.62. The summed E-state index contributed by atoms with van der Waals surface area (Å²) in [4.78, 5) is 11.8. The second-order valence-electron chi connectivity index (χ2n) is 4.77. The molecule has 112 valence electrons. The van der Waals surface area contributed by atoms with E-state index in [1.165, 1.54) is 5.56 Å². The topological polar surface area (TPSA) is 71.8 Å². The van der Waals surface area contributed by atoms with Gasteiger partial charge in [-0.1, -0.05) is 42.5 Å². The minimum absolute atomic E-state index is 0.0502. The molecule has 0 aliphatic heterocycles. The van der Waals surface area contributed by atoms with Gasteiger partial charge in [-0.25, -0.2) is 4.68 Å². The van der Waals surface area contributed by atoms with Gasteiger partial charge in [0.05, 0.1) is 11.9 Å². The molecular weight excluding hydrogens is 266 g/mol. The summed E-state index contributed by atoms with van der Waals surface area (Å²) >= 11 is 0. The molecule has 0 bridgehead atoms. The van der Waals surface area contributed by atoms with Gasteiger partial charge in [-0.3, -0.25) is 4.79 Å². The van der Waals surface area contributed by atoms with Gasteiger partial charge in [0, 0.05) is 13.1 Å². The Bertz CT molecular complexity index is 552. The van der Waals surface area contributed by atoms with Crippen LogP contribution in [0, 0.1) is 0 Å². The minimum atomic E-state index is -0.0502. The first-order valence-corrected chi connectivity index (χ1v) is 7.18. The Morgan fingerprint density at radius 1 is 1.29 bits per heavy atom. The lowest BCUT2D eigenvalue weighted by Crippen LogP contribution is -2.29. The van der Waals surface area contributed by atoms with Gasteiger partial charge in [-0.15, -0.1) is 5.10 Å². The molecule has 2 aromatic rings. The maximum atomic E-state index is 11.8. The summed E-state index contributed by atoms with van der Waals surface area (Å²) < 4.78 is 1.56. The van der Waals surface area contributed by atoms with Crippen LogP contribution in [0.3, 0.4) is 0 Å². The molecule has 0 fully saturated rings. The Morgan fingerprint density at radius 2 is 2.10 bits per heavy atom. The van der Waals surface area contributed by atoms with Crippen molar-refractivity contribution in [2.45, 2.75) is 26.4 Å². The number of hydrogen-bond acceptors (Lipinski definition) is 4. The van der Waals surface area contributed by atoms with Crippen LogP contribution >= 0.6 is 0 Å². The van der Waals surface area contributed by atoms with Crippen LogP contribution in [-0.2, 0) is 24.3 Å². The molecule has 21 heavy (non-hydrogen) atoms. The van der Waals surface area contributed by atoms with Crippen LogP contribution in [0.2, 0.25) is 0 Å². The summed E-state index contributed by atoms with van der Waals surface area (Å²) in [5, 5.41) is 14.0. The number of hydrogen-bond donors (Lipinski definition) is 2. The van der Waals surface area contributed by atoms with Gasteiger partial charge < -0.3 is 10.6 Å². The fourth-order valence-electron chi connectivity index (χ4n) is 1.94. The lowest BCUT2D eigenvalue weighted by atomic mass is 10.1. The summed E-state index contributed by atoms with van der Waals surface area (Å²) in [5.41, 5.74) is 2.06. The lowest BCUT2D eigenvalue weighted by molar-refractivity contribution is -0.121. The Labute approximate surface area is 124 Å². The van der Waals surface area contributed by atoms with Crippen molar-refractivity contribution in [2.24, 2.45) is 0 Å². The highest BCUT2D eigenvalue weighted by Crippen LogP contribution is 1.98. The molecule has 2 rings (SSSR count). The zero-order chi connectivity index (χ0) is 14.9. The molecule has 2 N–H and O–H groups in total. The van der Waals surface area contributed by atoms with Crippen molar-refractivity contribution in [1.29, 1.82) is 0 Å². The molecular formula is C15H21N5O. The normalized spacial score (nSPS) is 10.5. The maximum absolute atomic E-state index is 11.8. The third-order valence-electron chi connectivity index (χ3n) is 3.03. The van der Waals surface area contributed by atoms with E-state index in [9.17, 15) is 4.79 Å². The van der Waals surface area contributed by atoms with Crippen LogP contribution in [-0.4, -0.2) is 34.0 Å². The van der Waals surface area contributed by atoms with Crippen molar-refractivity contribution >= 4 is 5.91 Å². The number of benzene rings is 1. The Balaban J connectivity index is 1.70. The van der Waals surface area contributed by atoms with E-state index in [2.05, 4.69) is 33.1 Å². The second-order valence-corrected chi connectivity index (χ2v) is 4.77. The predicted molar refractivity (Wildman–Crippen MR) is 80.6 cm³/mol. The van der Waals surface area contributed by atoms with Gasteiger partial charge >= 0.3 is 0 Å². The fourth-order valence-corrected chi connectivity index (χ4v) is 1.94. The molecule has 0 atom stereocenters. The third-order valence-corrected chi connectivity index (χ3v) is 3.03. The van der Waals surface area contributed by atoms with E-state index >= 15 is 0 Å². The molecule has 0 aliphatic carbocycles. The molecule has 0 unspecified atom stereocenters. The Hall–Kier alpha value is -2.21. The quantitative estimate of drug-likeness (QED) is 0.751. The number of carbonyl (C=O) groups is 1. The minimum Gasteiger partial charge on any atom is -0.354 e. The number of aromatic nitrogens is 3. The highest BCUT2D eigenvalue weighted by atomic mass is 16.2. The van der Waals surface area contributed by atoms with Crippen molar-refractivity contribution in [1.82, 2.24) is 25.6 Å². The number of nitrogens with zero attached hydrogens (tertiary/aromatic N) is 3. The SMILES string of the molecule is CCNCc1cn(CC(=O)NCCc2ccccc2)nn1. The molecule has 1 heterocycles. The second kappa shape index (κ2) is 8.16. The molecule has 1 aromatic carbocycles. The predicted octanol–water partition coefficient (Wildman–Crippen LogP) is 0.746. The number of carbonyl (C=O) groups excluding carboxylic acids is 1. The molecule has 0 radical (unpaired) electrons. The summed E-state index contributed by atoms with van der Waals surface area (Å²) in [6.45, 7) is 4.42. The monoisotopic (exact) mass is 287 g/mol. The van der Waals surface area contributed by atoms with Crippen molar-refractivity contribution in [2.75, 3.05) is 13.1 Å². The van der Waals surface area contributed by atoms with E-state index in [1.807, 2.05) is 25.1 Å². The van der Waals surface area contributed by atoms with E-state index in [0.717, 1.165) is 18.7 Å². The van der Waals surface area contributed by atoms with E-state index in [0.29, 0.717) is 13.1 Å².